The normalized spacial score (nSPS) is 38.4. The van der Waals surface area contributed by atoms with Crippen LogP contribution in [-0.2, 0) is 4.74 Å². The number of amides is 1. The maximum absolute atomic E-state index is 13.8. The summed E-state index contributed by atoms with van der Waals surface area (Å²) in [4.78, 5) is 25.3. The predicted octanol–water partition coefficient (Wildman–Crippen LogP) is 3.35. The van der Waals surface area contributed by atoms with E-state index >= 15 is 0 Å². The van der Waals surface area contributed by atoms with Crippen LogP contribution in [0.2, 0.25) is 0 Å². The highest BCUT2D eigenvalue weighted by Gasteiger charge is 2.56. The fourth-order valence-electron chi connectivity index (χ4n) is 7.88. The van der Waals surface area contributed by atoms with Crippen molar-refractivity contribution >= 4 is 11.9 Å². The second kappa shape index (κ2) is 7.94. The van der Waals surface area contributed by atoms with Gasteiger partial charge in [-0.15, -0.1) is 0 Å². The lowest BCUT2D eigenvalue weighted by Crippen LogP contribution is -2.61. The molecule has 3 atom stereocenters. The fraction of sp³-hybridized carbons (Fsp3) is 0.800. The van der Waals surface area contributed by atoms with Crippen LogP contribution in [0.3, 0.4) is 0 Å². The molecule has 7 heteroatoms. The molecule has 4 bridgehead atoms. The molecule has 5 aliphatic carbocycles. The number of nitrogens with one attached hydrogen (secondary N) is 1. The van der Waals surface area contributed by atoms with E-state index in [-0.39, 0.29) is 18.0 Å². The lowest BCUT2D eigenvalue weighted by atomic mass is 9.52. The van der Waals surface area contributed by atoms with Crippen LogP contribution >= 0.6 is 0 Å². The van der Waals surface area contributed by atoms with Crippen LogP contribution in [0.1, 0.15) is 86.2 Å². The molecule has 1 saturated heterocycles. The molecule has 0 aromatic carbocycles. The van der Waals surface area contributed by atoms with Crippen molar-refractivity contribution < 1.29 is 14.6 Å². The molecule has 1 aromatic heterocycles. The topological polar surface area (TPSA) is 87.6 Å². The average molecular weight is 441 g/mol. The number of carbonyl (C=O) groups is 1. The first kappa shape index (κ1) is 20.8. The Hall–Kier alpha value is -1.73. The zero-order valence-electron chi connectivity index (χ0n) is 19.1. The second-order valence-corrected chi connectivity index (χ2v) is 11.3. The largest absolute Gasteiger partial charge is 0.390 e. The maximum Gasteiger partial charge on any atom is 0.257 e. The third-order valence-electron chi connectivity index (χ3n) is 9.01. The number of hydrogen-bond donors (Lipinski definition) is 2. The van der Waals surface area contributed by atoms with Gasteiger partial charge in [0.15, 0.2) is 0 Å². The fourth-order valence-corrected chi connectivity index (χ4v) is 7.88. The van der Waals surface area contributed by atoms with Crippen molar-refractivity contribution in [3.8, 4) is 0 Å². The summed E-state index contributed by atoms with van der Waals surface area (Å²) in [6.07, 6.45) is 12.3. The van der Waals surface area contributed by atoms with Crippen LogP contribution in [0.15, 0.2) is 6.20 Å². The third-order valence-corrected chi connectivity index (χ3v) is 9.01. The number of aromatic nitrogens is 2. The van der Waals surface area contributed by atoms with Crippen LogP contribution in [-0.4, -0.2) is 63.8 Å². The highest BCUT2D eigenvalue weighted by molar-refractivity contribution is 5.95. The van der Waals surface area contributed by atoms with Gasteiger partial charge in [-0.3, -0.25) is 4.79 Å². The monoisotopic (exact) mass is 440 g/mol. The van der Waals surface area contributed by atoms with E-state index < -0.39 is 5.60 Å². The molecular weight excluding hydrogens is 404 g/mol. The highest BCUT2D eigenvalue weighted by atomic mass is 16.5. The van der Waals surface area contributed by atoms with Gasteiger partial charge < -0.3 is 20.1 Å². The summed E-state index contributed by atoms with van der Waals surface area (Å²) in [6.45, 7) is 1.46. The van der Waals surface area contributed by atoms with Gasteiger partial charge in [-0.1, -0.05) is 12.8 Å². The van der Waals surface area contributed by atoms with E-state index in [1.165, 1.54) is 12.8 Å². The van der Waals surface area contributed by atoms with Crippen LogP contribution in [0.25, 0.3) is 0 Å². The van der Waals surface area contributed by atoms with Crippen molar-refractivity contribution in [2.24, 2.45) is 17.8 Å². The zero-order valence-corrected chi connectivity index (χ0v) is 19.1. The number of aliphatic hydroxyl groups is 1. The molecule has 1 aliphatic heterocycles. The van der Waals surface area contributed by atoms with Crippen LogP contribution in [0.5, 0.6) is 0 Å². The Balaban J connectivity index is 1.26. The first-order chi connectivity index (χ1) is 15.5. The molecule has 6 aliphatic rings. The van der Waals surface area contributed by atoms with Gasteiger partial charge in [-0.25, -0.2) is 9.97 Å². The lowest BCUT2D eigenvalue weighted by molar-refractivity contribution is -0.152. The number of hydrogen-bond acceptors (Lipinski definition) is 6. The van der Waals surface area contributed by atoms with E-state index in [4.69, 9.17) is 9.72 Å². The van der Waals surface area contributed by atoms with Crippen molar-refractivity contribution in [2.45, 2.75) is 87.8 Å². The summed E-state index contributed by atoms with van der Waals surface area (Å²) in [5, 5.41) is 14.4. The maximum atomic E-state index is 13.8. The minimum atomic E-state index is -0.480. The molecule has 0 radical (unpaired) electrons. The van der Waals surface area contributed by atoms with E-state index in [2.05, 4.69) is 10.3 Å². The molecule has 5 saturated carbocycles. The summed E-state index contributed by atoms with van der Waals surface area (Å²) in [5.74, 6) is 2.49. The van der Waals surface area contributed by atoms with Crippen molar-refractivity contribution in [1.82, 2.24) is 14.9 Å². The molecule has 2 heterocycles. The Morgan fingerprint density at radius 3 is 2.59 bits per heavy atom. The Morgan fingerprint density at radius 1 is 1.19 bits per heavy atom. The molecular formula is C25H36N4O3. The van der Waals surface area contributed by atoms with Crippen molar-refractivity contribution in [1.29, 1.82) is 0 Å². The quantitative estimate of drug-likeness (QED) is 0.730. The van der Waals surface area contributed by atoms with Gasteiger partial charge in [0, 0.05) is 31.8 Å². The third kappa shape index (κ3) is 3.61. The number of ether oxygens (including phenoxy) is 1. The minimum Gasteiger partial charge on any atom is -0.390 e. The Bertz CT molecular complexity index is 864. The van der Waals surface area contributed by atoms with Crippen molar-refractivity contribution in [2.75, 3.05) is 25.6 Å². The Morgan fingerprint density at radius 2 is 1.94 bits per heavy atom. The Kier molecular flexibility index (Phi) is 5.17. The summed E-state index contributed by atoms with van der Waals surface area (Å²) in [5.41, 5.74) is 1.13. The Labute approximate surface area is 190 Å². The van der Waals surface area contributed by atoms with Gasteiger partial charge >= 0.3 is 0 Å². The van der Waals surface area contributed by atoms with E-state index in [1.54, 1.807) is 6.20 Å². The summed E-state index contributed by atoms with van der Waals surface area (Å²) in [6, 6.07) is 0.471. The summed E-state index contributed by atoms with van der Waals surface area (Å²) >= 11 is 0. The lowest BCUT2D eigenvalue weighted by Gasteiger charge is -2.59. The van der Waals surface area contributed by atoms with E-state index in [0.29, 0.717) is 41.8 Å². The molecule has 32 heavy (non-hydrogen) atoms. The van der Waals surface area contributed by atoms with E-state index in [9.17, 15) is 9.90 Å². The van der Waals surface area contributed by atoms with Gasteiger partial charge in [-0.05, 0) is 69.1 Å². The number of nitrogens with zero attached hydrogens (tertiary/aromatic N) is 3. The van der Waals surface area contributed by atoms with Gasteiger partial charge in [0.2, 0.25) is 5.95 Å². The van der Waals surface area contributed by atoms with Crippen LogP contribution < -0.4 is 5.32 Å². The molecule has 6 fully saturated rings. The first-order valence-corrected chi connectivity index (χ1v) is 12.7. The SMILES string of the molecule is CN(C(=O)c1cnc(N[C@H]2CCOC2)nc1C1CCCC1)[C@H]1C2CC3CC1C[C@@](O)(C3)C2. The smallest absolute Gasteiger partial charge is 0.257 e. The zero-order chi connectivity index (χ0) is 21.9. The van der Waals surface area contributed by atoms with E-state index in [0.717, 1.165) is 63.7 Å². The van der Waals surface area contributed by atoms with Gasteiger partial charge in [0.25, 0.3) is 5.91 Å². The van der Waals surface area contributed by atoms with Gasteiger partial charge in [0.1, 0.15) is 0 Å². The molecule has 7 rings (SSSR count). The summed E-state index contributed by atoms with van der Waals surface area (Å²) < 4.78 is 5.48. The molecule has 1 aromatic rings. The number of rotatable bonds is 5. The molecule has 0 spiro atoms. The first-order valence-electron chi connectivity index (χ1n) is 12.7. The molecule has 174 valence electrons. The van der Waals surface area contributed by atoms with Crippen LogP contribution in [0.4, 0.5) is 5.95 Å². The molecule has 1 amide bonds. The highest BCUT2D eigenvalue weighted by Crippen LogP contribution is 2.57. The van der Waals surface area contributed by atoms with Gasteiger partial charge in [-0.2, -0.15) is 0 Å². The minimum absolute atomic E-state index is 0.0621. The van der Waals surface area contributed by atoms with Crippen molar-refractivity contribution in [3.05, 3.63) is 17.5 Å². The van der Waals surface area contributed by atoms with Crippen molar-refractivity contribution in [3.63, 3.8) is 0 Å². The average Bonchev–Trinajstić information content (AvgIpc) is 3.46. The van der Waals surface area contributed by atoms with Gasteiger partial charge in [0.05, 0.1) is 29.5 Å². The molecule has 2 N–H and O–H groups in total. The van der Waals surface area contributed by atoms with Crippen LogP contribution in [0, 0.1) is 17.8 Å². The molecule has 2 unspecified atom stereocenters. The second-order valence-electron chi connectivity index (χ2n) is 11.3. The molecule has 7 nitrogen and oxygen atoms in total. The standard InChI is InChI=1S/C25H36N4O3/c1-29(22-17-8-15-9-18(22)12-25(31,10-15)11-17)23(30)20-13-26-24(27-19-6-7-32-14-19)28-21(20)16-4-2-3-5-16/h13,15-19,22,31H,2-12,14H2,1H3,(H,26,27,28)/t15?,17?,18?,19-,22-,25+/m0/s1. The van der Waals surface area contributed by atoms with E-state index in [1.807, 2.05) is 11.9 Å². The number of anilines is 1. The predicted molar refractivity (Wildman–Crippen MR) is 120 cm³/mol. The summed E-state index contributed by atoms with van der Waals surface area (Å²) in [7, 11) is 1.97. The number of carbonyl (C=O) groups excluding carboxylic acids is 1.